The summed E-state index contributed by atoms with van der Waals surface area (Å²) < 4.78 is 5.04. The molecule has 6 heteroatoms. The molecule has 1 aromatic carbocycles. The molecule has 1 aromatic rings. The van der Waals surface area contributed by atoms with E-state index in [4.69, 9.17) is 4.74 Å². The van der Waals surface area contributed by atoms with Gasteiger partial charge in [-0.2, -0.15) is 0 Å². The Bertz CT molecular complexity index is 639. The summed E-state index contributed by atoms with van der Waals surface area (Å²) in [6.45, 7) is 2.31. The summed E-state index contributed by atoms with van der Waals surface area (Å²) in [7, 11) is 0. The fraction of sp³-hybridized carbons (Fsp3) is 0.471. The highest BCUT2D eigenvalue weighted by Gasteiger charge is 2.38. The van der Waals surface area contributed by atoms with Gasteiger partial charge in [0.25, 0.3) is 0 Å². The Kier molecular flexibility index (Phi) is 4.32. The summed E-state index contributed by atoms with van der Waals surface area (Å²) in [6, 6.07) is 7.12. The summed E-state index contributed by atoms with van der Waals surface area (Å²) in [4.78, 5) is 38.1. The number of benzene rings is 1. The molecule has 2 fully saturated rings. The van der Waals surface area contributed by atoms with Gasteiger partial charge in [-0.1, -0.05) is 12.1 Å². The summed E-state index contributed by atoms with van der Waals surface area (Å²) in [5.41, 5.74) is 0.864. The van der Waals surface area contributed by atoms with Gasteiger partial charge in [0.05, 0.1) is 23.8 Å². The number of amides is 2. The van der Waals surface area contributed by atoms with Crippen LogP contribution in [0.3, 0.4) is 0 Å². The Morgan fingerprint density at radius 3 is 2.74 bits per heavy atom. The van der Waals surface area contributed by atoms with E-state index in [1.165, 1.54) is 4.90 Å². The van der Waals surface area contributed by atoms with Crippen LogP contribution >= 0.6 is 0 Å². The number of para-hydroxylation sites is 1. The summed E-state index contributed by atoms with van der Waals surface area (Å²) >= 11 is 0. The normalized spacial score (nSPS) is 20.5. The van der Waals surface area contributed by atoms with Crippen molar-refractivity contribution in [2.45, 2.75) is 32.2 Å². The maximum absolute atomic E-state index is 12.3. The topological polar surface area (TPSA) is 75.7 Å². The molecule has 0 spiro atoms. The minimum atomic E-state index is -0.457. The van der Waals surface area contributed by atoms with Gasteiger partial charge < -0.3 is 15.0 Å². The van der Waals surface area contributed by atoms with Crippen molar-refractivity contribution in [1.82, 2.24) is 5.32 Å². The fourth-order valence-electron chi connectivity index (χ4n) is 2.75. The molecule has 1 aliphatic heterocycles. The quantitative estimate of drug-likeness (QED) is 0.835. The maximum atomic E-state index is 12.3. The van der Waals surface area contributed by atoms with Gasteiger partial charge in [0.2, 0.25) is 11.8 Å². The van der Waals surface area contributed by atoms with Gasteiger partial charge in [-0.25, -0.2) is 4.79 Å². The second-order valence-electron chi connectivity index (χ2n) is 5.93. The number of hydrogen-bond acceptors (Lipinski definition) is 4. The SMILES string of the molecule is CCOC(=O)c1ccccc1N1CC(C(=O)NC2CC2)CC1=O. The first kappa shape index (κ1) is 15.5. The standard InChI is InChI=1S/C17H20N2O4/c1-2-23-17(22)13-5-3-4-6-14(13)19-10-11(9-15(19)20)16(21)18-12-7-8-12/h3-6,11-12H,2,7-10H2,1H3,(H,18,21). The molecule has 6 nitrogen and oxygen atoms in total. The van der Waals surface area contributed by atoms with Crippen LogP contribution in [0.1, 0.15) is 36.5 Å². The third-order valence-corrected chi connectivity index (χ3v) is 4.11. The number of hydrogen-bond donors (Lipinski definition) is 1. The number of ether oxygens (including phenoxy) is 1. The zero-order valence-electron chi connectivity index (χ0n) is 13.1. The van der Waals surface area contributed by atoms with E-state index < -0.39 is 5.97 Å². The highest BCUT2D eigenvalue weighted by Crippen LogP contribution is 2.29. The van der Waals surface area contributed by atoms with E-state index in [-0.39, 0.29) is 36.8 Å². The van der Waals surface area contributed by atoms with Crippen LogP contribution in [-0.4, -0.2) is 37.0 Å². The van der Waals surface area contributed by atoms with Gasteiger partial charge >= 0.3 is 5.97 Å². The Labute approximate surface area is 134 Å². The van der Waals surface area contributed by atoms with Crippen molar-refractivity contribution >= 4 is 23.5 Å². The lowest BCUT2D eigenvalue weighted by molar-refractivity contribution is -0.126. The monoisotopic (exact) mass is 316 g/mol. The first-order valence-corrected chi connectivity index (χ1v) is 7.97. The number of carbonyl (C=O) groups is 3. The van der Waals surface area contributed by atoms with Crippen LogP contribution < -0.4 is 10.2 Å². The van der Waals surface area contributed by atoms with Crippen molar-refractivity contribution in [3.8, 4) is 0 Å². The smallest absolute Gasteiger partial charge is 0.340 e. The molecule has 1 saturated heterocycles. The Morgan fingerprint density at radius 2 is 2.04 bits per heavy atom. The summed E-state index contributed by atoms with van der Waals surface area (Å²) in [6.07, 6.45) is 2.21. The summed E-state index contributed by atoms with van der Waals surface area (Å²) in [5, 5.41) is 2.94. The number of carbonyl (C=O) groups excluding carboxylic acids is 3. The molecule has 0 bridgehead atoms. The zero-order chi connectivity index (χ0) is 16.4. The molecule has 2 amide bonds. The van der Waals surface area contributed by atoms with Crippen molar-refractivity contribution < 1.29 is 19.1 Å². The van der Waals surface area contributed by atoms with E-state index in [2.05, 4.69) is 5.32 Å². The van der Waals surface area contributed by atoms with E-state index in [0.717, 1.165) is 12.8 Å². The highest BCUT2D eigenvalue weighted by molar-refractivity contribution is 6.05. The molecule has 1 heterocycles. The molecule has 1 atom stereocenters. The Balaban J connectivity index is 1.77. The van der Waals surface area contributed by atoms with Gasteiger partial charge in [0.15, 0.2) is 0 Å². The van der Waals surface area contributed by atoms with Crippen LogP contribution in [0, 0.1) is 5.92 Å². The average Bonchev–Trinajstić information content (AvgIpc) is 3.27. The van der Waals surface area contributed by atoms with Gasteiger partial charge in [-0.05, 0) is 31.9 Å². The van der Waals surface area contributed by atoms with Crippen LogP contribution in [0.2, 0.25) is 0 Å². The molecule has 3 rings (SSSR count). The van der Waals surface area contributed by atoms with Crippen LogP contribution in [0.5, 0.6) is 0 Å². The third-order valence-electron chi connectivity index (χ3n) is 4.11. The van der Waals surface area contributed by atoms with E-state index in [1.807, 2.05) is 0 Å². The summed E-state index contributed by atoms with van der Waals surface area (Å²) in [5.74, 6) is -1.03. The molecule has 0 aromatic heterocycles. The Hall–Kier alpha value is -2.37. The lowest BCUT2D eigenvalue weighted by Crippen LogP contribution is -2.34. The molecule has 23 heavy (non-hydrogen) atoms. The molecule has 1 N–H and O–H groups in total. The van der Waals surface area contributed by atoms with Crippen LogP contribution in [0.4, 0.5) is 5.69 Å². The van der Waals surface area contributed by atoms with Crippen molar-refractivity contribution in [2.75, 3.05) is 18.1 Å². The third kappa shape index (κ3) is 3.36. The zero-order valence-corrected chi connectivity index (χ0v) is 13.1. The number of nitrogens with zero attached hydrogens (tertiary/aromatic N) is 1. The average molecular weight is 316 g/mol. The molecular weight excluding hydrogens is 296 g/mol. The highest BCUT2D eigenvalue weighted by atomic mass is 16.5. The van der Waals surface area contributed by atoms with E-state index in [9.17, 15) is 14.4 Å². The molecule has 1 unspecified atom stereocenters. The number of rotatable bonds is 5. The second-order valence-corrected chi connectivity index (χ2v) is 5.93. The van der Waals surface area contributed by atoms with Crippen LogP contribution in [0.15, 0.2) is 24.3 Å². The van der Waals surface area contributed by atoms with Gasteiger partial charge in [-0.15, -0.1) is 0 Å². The lowest BCUT2D eigenvalue weighted by atomic mass is 10.1. The molecule has 1 saturated carbocycles. The molecule has 1 aliphatic carbocycles. The molecule has 122 valence electrons. The minimum absolute atomic E-state index is 0.0723. The lowest BCUT2D eigenvalue weighted by Gasteiger charge is -2.19. The molecule has 0 radical (unpaired) electrons. The predicted molar refractivity (Wildman–Crippen MR) is 84.0 cm³/mol. The van der Waals surface area contributed by atoms with E-state index >= 15 is 0 Å². The number of anilines is 1. The first-order chi connectivity index (χ1) is 11.1. The minimum Gasteiger partial charge on any atom is -0.462 e. The van der Waals surface area contributed by atoms with Crippen molar-refractivity contribution in [3.63, 3.8) is 0 Å². The maximum Gasteiger partial charge on any atom is 0.340 e. The van der Waals surface area contributed by atoms with Crippen molar-refractivity contribution in [1.29, 1.82) is 0 Å². The number of nitrogens with one attached hydrogen (secondary N) is 1. The Morgan fingerprint density at radius 1 is 1.30 bits per heavy atom. The van der Waals surface area contributed by atoms with Gasteiger partial charge in [0, 0.05) is 19.0 Å². The van der Waals surface area contributed by atoms with Gasteiger partial charge in [0.1, 0.15) is 0 Å². The van der Waals surface area contributed by atoms with E-state index in [1.54, 1.807) is 31.2 Å². The predicted octanol–water partition coefficient (Wildman–Crippen LogP) is 1.49. The molecular formula is C17H20N2O4. The molecule has 2 aliphatic rings. The first-order valence-electron chi connectivity index (χ1n) is 7.97. The second kappa shape index (κ2) is 6.40. The van der Waals surface area contributed by atoms with Crippen molar-refractivity contribution in [3.05, 3.63) is 29.8 Å². The van der Waals surface area contributed by atoms with Gasteiger partial charge in [-0.3, -0.25) is 9.59 Å². The van der Waals surface area contributed by atoms with Crippen LogP contribution in [-0.2, 0) is 14.3 Å². The van der Waals surface area contributed by atoms with E-state index in [0.29, 0.717) is 17.8 Å². The number of esters is 1. The van der Waals surface area contributed by atoms with Crippen molar-refractivity contribution in [2.24, 2.45) is 5.92 Å². The van der Waals surface area contributed by atoms with Crippen LogP contribution in [0.25, 0.3) is 0 Å². The fourth-order valence-corrected chi connectivity index (χ4v) is 2.75. The largest absolute Gasteiger partial charge is 0.462 e.